The molecule has 0 saturated carbocycles. The molecule has 1 aromatic carbocycles. The van der Waals surface area contributed by atoms with Crippen molar-refractivity contribution in [3.05, 3.63) is 48.6 Å². The van der Waals surface area contributed by atoms with E-state index in [1.165, 1.54) is 6.33 Å². The summed E-state index contributed by atoms with van der Waals surface area (Å²) < 4.78 is 7.56. The van der Waals surface area contributed by atoms with Crippen LogP contribution in [0.25, 0.3) is 22.0 Å². The number of rotatable bonds is 5. The summed E-state index contributed by atoms with van der Waals surface area (Å²) in [6, 6.07) is 9.89. The molecule has 7 nitrogen and oxygen atoms in total. The molecular weight excluding hydrogens is 306 g/mol. The Morgan fingerprint density at radius 1 is 1.29 bits per heavy atom. The fourth-order valence-electron chi connectivity index (χ4n) is 2.76. The van der Waals surface area contributed by atoms with Gasteiger partial charge in [-0.15, -0.1) is 0 Å². The molecular formula is C17H17N5O2. The quantitative estimate of drug-likeness (QED) is 0.587. The normalized spacial score (nSPS) is 12.8. The number of aromatic nitrogens is 4. The van der Waals surface area contributed by atoms with Gasteiger partial charge in [0.2, 0.25) is 0 Å². The second kappa shape index (κ2) is 5.93. The summed E-state index contributed by atoms with van der Waals surface area (Å²) in [4.78, 5) is 8.57. The molecule has 122 valence electrons. The van der Waals surface area contributed by atoms with Gasteiger partial charge in [-0.1, -0.05) is 18.2 Å². The second-order valence-corrected chi connectivity index (χ2v) is 5.60. The van der Waals surface area contributed by atoms with Crippen LogP contribution in [0.15, 0.2) is 47.3 Å². The molecule has 0 amide bonds. The van der Waals surface area contributed by atoms with E-state index in [9.17, 15) is 0 Å². The Bertz CT molecular complexity index is 958. The maximum atomic E-state index is 9.10. The highest BCUT2D eigenvalue weighted by atomic mass is 16.3. The minimum absolute atomic E-state index is 0.0128. The third-order valence-corrected chi connectivity index (χ3v) is 3.97. The molecule has 0 radical (unpaired) electrons. The molecule has 0 aliphatic rings. The van der Waals surface area contributed by atoms with Crippen LogP contribution in [0, 0.1) is 0 Å². The summed E-state index contributed by atoms with van der Waals surface area (Å²) in [5.41, 5.74) is 1.56. The average Bonchev–Trinajstić information content (AvgIpc) is 3.20. The van der Waals surface area contributed by atoms with E-state index in [1.54, 1.807) is 10.9 Å². The van der Waals surface area contributed by atoms with E-state index >= 15 is 0 Å². The molecule has 0 fully saturated rings. The zero-order chi connectivity index (χ0) is 16.5. The number of aliphatic hydroxyl groups is 1. The SMILES string of the molecule is C[C@H](Nc1ncnc2c1cnn2CCO)c1cc2ccccc2o1. The number of hydrogen-bond acceptors (Lipinski definition) is 6. The fourth-order valence-corrected chi connectivity index (χ4v) is 2.76. The Hall–Kier alpha value is -2.93. The molecule has 0 unspecified atom stereocenters. The van der Waals surface area contributed by atoms with Crippen molar-refractivity contribution < 1.29 is 9.52 Å². The predicted molar refractivity (Wildman–Crippen MR) is 90.7 cm³/mol. The van der Waals surface area contributed by atoms with E-state index in [0.717, 1.165) is 22.1 Å². The Balaban J connectivity index is 1.65. The van der Waals surface area contributed by atoms with Crippen molar-refractivity contribution in [3.8, 4) is 0 Å². The Kier molecular flexibility index (Phi) is 3.62. The van der Waals surface area contributed by atoms with E-state index in [2.05, 4.69) is 20.4 Å². The first-order chi connectivity index (χ1) is 11.8. The van der Waals surface area contributed by atoms with E-state index < -0.39 is 0 Å². The zero-order valence-electron chi connectivity index (χ0n) is 13.2. The van der Waals surface area contributed by atoms with Crippen molar-refractivity contribution in [3.63, 3.8) is 0 Å². The molecule has 3 heterocycles. The van der Waals surface area contributed by atoms with Gasteiger partial charge in [-0.2, -0.15) is 5.10 Å². The molecule has 1 atom stereocenters. The van der Waals surface area contributed by atoms with E-state index in [4.69, 9.17) is 9.52 Å². The molecule has 0 aliphatic heterocycles. The first-order valence-corrected chi connectivity index (χ1v) is 7.78. The fraction of sp³-hybridized carbons (Fsp3) is 0.235. The third-order valence-electron chi connectivity index (χ3n) is 3.97. The average molecular weight is 323 g/mol. The number of furan rings is 1. The molecule has 24 heavy (non-hydrogen) atoms. The van der Waals surface area contributed by atoms with Gasteiger partial charge in [0.05, 0.1) is 30.8 Å². The lowest BCUT2D eigenvalue weighted by Gasteiger charge is -2.12. The number of nitrogens with one attached hydrogen (secondary N) is 1. The Morgan fingerprint density at radius 3 is 3.00 bits per heavy atom. The standard InChI is InChI=1S/C17H17N5O2/c1-11(15-8-12-4-2-3-5-14(12)24-15)21-16-13-9-20-22(6-7-23)17(13)19-10-18-16/h2-5,8-11,23H,6-7H2,1H3,(H,18,19,21)/t11-/m0/s1. The molecule has 0 saturated heterocycles. The van der Waals surface area contributed by atoms with E-state index in [1.807, 2.05) is 37.3 Å². The van der Waals surface area contributed by atoms with Crippen molar-refractivity contribution >= 4 is 27.8 Å². The predicted octanol–water partition coefficient (Wildman–Crippen LogP) is 2.74. The van der Waals surface area contributed by atoms with Gasteiger partial charge in [0, 0.05) is 5.39 Å². The molecule has 0 aliphatic carbocycles. The van der Waals surface area contributed by atoms with Gasteiger partial charge in [-0.05, 0) is 19.1 Å². The summed E-state index contributed by atoms with van der Waals surface area (Å²) in [7, 11) is 0. The smallest absolute Gasteiger partial charge is 0.163 e. The van der Waals surface area contributed by atoms with Crippen LogP contribution >= 0.6 is 0 Å². The number of para-hydroxylation sites is 1. The lowest BCUT2D eigenvalue weighted by molar-refractivity contribution is 0.271. The van der Waals surface area contributed by atoms with Crippen LogP contribution in [0.3, 0.4) is 0 Å². The lowest BCUT2D eigenvalue weighted by atomic mass is 10.2. The van der Waals surface area contributed by atoms with Gasteiger partial charge in [-0.3, -0.25) is 0 Å². The molecule has 0 spiro atoms. The number of hydrogen-bond donors (Lipinski definition) is 2. The van der Waals surface area contributed by atoms with Crippen LogP contribution in [-0.4, -0.2) is 31.5 Å². The molecule has 4 aromatic rings. The van der Waals surface area contributed by atoms with Crippen LogP contribution < -0.4 is 5.32 Å². The Labute approximate surface area is 137 Å². The van der Waals surface area contributed by atoms with Crippen LogP contribution in [-0.2, 0) is 6.54 Å². The van der Waals surface area contributed by atoms with Crippen molar-refractivity contribution in [2.75, 3.05) is 11.9 Å². The van der Waals surface area contributed by atoms with Gasteiger partial charge >= 0.3 is 0 Å². The van der Waals surface area contributed by atoms with Crippen molar-refractivity contribution in [2.24, 2.45) is 0 Å². The largest absolute Gasteiger partial charge is 0.459 e. The highest BCUT2D eigenvalue weighted by Gasteiger charge is 2.15. The molecule has 0 bridgehead atoms. The zero-order valence-corrected chi connectivity index (χ0v) is 13.2. The summed E-state index contributed by atoms with van der Waals surface area (Å²) >= 11 is 0. The van der Waals surface area contributed by atoms with Gasteiger partial charge < -0.3 is 14.8 Å². The van der Waals surface area contributed by atoms with Gasteiger partial charge in [0.15, 0.2) is 5.65 Å². The number of aliphatic hydroxyl groups excluding tert-OH is 1. The summed E-state index contributed by atoms with van der Waals surface area (Å²) in [5, 5.41) is 18.6. The van der Waals surface area contributed by atoms with Crippen molar-refractivity contribution in [1.29, 1.82) is 0 Å². The number of fused-ring (bicyclic) bond motifs is 2. The minimum atomic E-state index is -0.0586. The first kappa shape index (κ1) is 14.6. The number of nitrogens with zero attached hydrogens (tertiary/aromatic N) is 4. The van der Waals surface area contributed by atoms with E-state index in [0.29, 0.717) is 18.0 Å². The van der Waals surface area contributed by atoms with Crippen LogP contribution in [0.5, 0.6) is 0 Å². The molecule has 4 rings (SSSR count). The van der Waals surface area contributed by atoms with Crippen LogP contribution in [0.1, 0.15) is 18.7 Å². The molecule has 3 aromatic heterocycles. The van der Waals surface area contributed by atoms with Gasteiger partial charge in [-0.25, -0.2) is 14.6 Å². The monoisotopic (exact) mass is 323 g/mol. The van der Waals surface area contributed by atoms with Gasteiger partial charge in [0.1, 0.15) is 23.5 Å². The lowest BCUT2D eigenvalue weighted by Crippen LogP contribution is -2.08. The highest BCUT2D eigenvalue weighted by molar-refractivity contribution is 5.86. The molecule has 2 N–H and O–H groups in total. The minimum Gasteiger partial charge on any atom is -0.459 e. The summed E-state index contributed by atoms with van der Waals surface area (Å²) in [6.45, 7) is 2.43. The Morgan fingerprint density at radius 2 is 2.17 bits per heavy atom. The number of anilines is 1. The second-order valence-electron chi connectivity index (χ2n) is 5.60. The van der Waals surface area contributed by atoms with Crippen LogP contribution in [0.2, 0.25) is 0 Å². The van der Waals surface area contributed by atoms with Crippen molar-refractivity contribution in [1.82, 2.24) is 19.7 Å². The maximum absolute atomic E-state index is 9.10. The highest BCUT2D eigenvalue weighted by Crippen LogP contribution is 2.27. The topological polar surface area (TPSA) is 89.0 Å². The van der Waals surface area contributed by atoms with Gasteiger partial charge in [0.25, 0.3) is 0 Å². The first-order valence-electron chi connectivity index (χ1n) is 7.78. The summed E-state index contributed by atoms with van der Waals surface area (Å²) in [6.07, 6.45) is 3.20. The summed E-state index contributed by atoms with van der Waals surface area (Å²) in [5.74, 6) is 1.53. The number of benzene rings is 1. The van der Waals surface area contributed by atoms with Crippen LogP contribution in [0.4, 0.5) is 5.82 Å². The third kappa shape index (κ3) is 2.48. The van der Waals surface area contributed by atoms with E-state index in [-0.39, 0.29) is 12.6 Å². The van der Waals surface area contributed by atoms with Crippen molar-refractivity contribution in [2.45, 2.75) is 19.5 Å². The maximum Gasteiger partial charge on any atom is 0.163 e. The molecule has 7 heteroatoms.